The lowest BCUT2D eigenvalue weighted by Gasteiger charge is -2.15. The lowest BCUT2D eigenvalue weighted by atomic mass is 10.1. The van der Waals surface area contributed by atoms with Crippen molar-refractivity contribution in [3.8, 4) is 0 Å². The maximum Gasteiger partial charge on any atom is 0.0758 e. The van der Waals surface area contributed by atoms with Crippen molar-refractivity contribution in [3.63, 3.8) is 0 Å². The number of hydrogen-bond acceptors (Lipinski definition) is 3. The van der Waals surface area contributed by atoms with Gasteiger partial charge in [0, 0.05) is 10.9 Å². The van der Waals surface area contributed by atoms with Crippen LogP contribution < -0.4 is 5.32 Å². The number of rotatable bonds is 5. The summed E-state index contributed by atoms with van der Waals surface area (Å²) >= 11 is 10.7. The molecule has 2 heterocycles. The van der Waals surface area contributed by atoms with Crippen molar-refractivity contribution < 1.29 is 0 Å². The first kappa shape index (κ1) is 13.7. The normalized spacial score (nSPS) is 12.9. The molecule has 5 heteroatoms. The van der Waals surface area contributed by atoms with Crippen LogP contribution in [0, 0.1) is 0 Å². The molecular weight excluding hydrogens is 382 g/mol. The summed E-state index contributed by atoms with van der Waals surface area (Å²) in [5, 5.41) is 5.54. The first-order valence-electron chi connectivity index (χ1n) is 5.35. The van der Waals surface area contributed by atoms with Crippen LogP contribution in [0.2, 0.25) is 0 Å². The van der Waals surface area contributed by atoms with E-state index in [-0.39, 0.29) is 0 Å². The number of hydrogen-bond donors (Lipinski definition) is 1. The Bertz CT molecular complexity index is 465. The molecule has 0 saturated carbocycles. The lowest BCUT2D eigenvalue weighted by Crippen LogP contribution is -2.16. The molecule has 0 aliphatic carbocycles. The molecule has 0 aliphatic rings. The van der Waals surface area contributed by atoms with E-state index in [1.807, 2.05) is 18.4 Å². The Morgan fingerprint density at radius 2 is 2.24 bits per heavy atom. The van der Waals surface area contributed by atoms with Gasteiger partial charge in [0.2, 0.25) is 0 Å². The topological polar surface area (TPSA) is 12.0 Å². The number of halogens is 2. The summed E-state index contributed by atoms with van der Waals surface area (Å²) in [6.45, 7) is 0. The zero-order valence-corrected chi connectivity index (χ0v) is 14.2. The fourth-order valence-corrected chi connectivity index (χ4v) is 5.49. The lowest BCUT2D eigenvalue weighted by molar-refractivity contribution is 0.551. The van der Waals surface area contributed by atoms with Crippen molar-refractivity contribution in [3.05, 3.63) is 41.6 Å². The standard InChI is InChI=1S/C12H13Br2NS2/c1-15-10(5-4-8-3-2-6-16-8)9-7-11(13)17-12(9)14/h2-3,6-7,10,15H,4-5H2,1H3. The molecule has 0 bridgehead atoms. The van der Waals surface area contributed by atoms with E-state index in [1.165, 1.54) is 18.0 Å². The molecule has 2 aromatic heterocycles. The van der Waals surface area contributed by atoms with Crippen LogP contribution in [0.4, 0.5) is 0 Å². The van der Waals surface area contributed by atoms with Gasteiger partial charge in [-0.1, -0.05) is 6.07 Å². The van der Waals surface area contributed by atoms with Gasteiger partial charge in [-0.25, -0.2) is 0 Å². The molecule has 1 unspecified atom stereocenters. The van der Waals surface area contributed by atoms with Gasteiger partial charge in [-0.05, 0) is 74.8 Å². The van der Waals surface area contributed by atoms with Crippen molar-refractivity contribution in [2.24, 2.45) is 0 Å². The van der Waals surface area contributed by atoms with Gasteiger partial charge >= 0.3 is 0 Å². The third kappa shape index (κ3) is 3.64. The summed E-state index contributed by atoms with van der Waals surface area (Å²) in [5.74, 6) is 0. The molecule has 0 fully saturated rings. The first-order chi connectivity index (χ1) is 8.20. The predicted octanol–water partition coefficient (Wildman–Crippen LogP) is 5.23. The van der Waals surface area contributed by atoms with Crippen LogP contribution in [0.15, 0.2) is 31.2 Å². The van der Waals surface area contributed by atoms with Gasteiger partial charge in [-0.15, -0.1) is 22.7 Å². The minimum absolute atomic E-state index is 0.411. The highest BCUT2D eigenvalue weighted by molar-refractivity contribution is 9.12. The zero-order chi connectivity index (χ0) is 12.3. The summed E-state index contributed by atoms with van der Waals surface area (Å²) in [4.78, 5) is 1.45. The highest BCUT2D eigenvalue weighted by Gasteiger charge is 2.15. The SMILES string of the molecule is CNC(CCc1cccs1)c1cc(Br)sc1Br. The summed E-state index contributed by atoms with van der Waals surface area (Å²) in [6.07, 6.45) is 2.25. The van der Waals surface area contributed by atoms with E-state index in [1.54, 1.807) is 11.3 Å². The second-order valence-electron chi connectivity index (χ2n) is 3.74. The van der Waals surface area contributed by atoms with Crippen molar-refractivity contribution >= 4 is 54.5 Å². The average Bonchev–Trinajstić information content (AvgIpc) is 2.90. The maximum atomic E-state index is 3.63. The quantitative estimate of drug-likeness (QED) is 0.732. The monoisotopic (exact) mass is 393 g/mol. The molecule has 0 radical (unpaired) electrons. The molecule has 1 N–H and O–H groups in total. The molecule has 0 aromatic carbocycles. The number of thiophene rings is 2. The highest BCUT2D eigenvalue weighted by atomic mass is 79.9. The van der Waals surface area contributed by atoms with Crippen LogP contribution in [-0.2, 0) is 6.42 Å². The van der Waals surface area contributed by atoms with E-state index in [2.05, 4.69) is 60.8 Å². The second kappa shape index (κ2) is 6.48. The zero-order valence-electron chi connectivity index (χ0n) is 9.37. The summed E-state index contributed by atoms with van der Waals surface area (Å²) < 4.78 is 2.39. The molecule has 0 spiro atoms. The Hall–Kier alpha value is 0.320. The fraction of sp³-hybridized carbons (Fsp3) is 0.333. The number of nitrogens with one attached hydrogen (secondary N) is 1. The van der Waals surface area contributed by atoms with E-state index in [4.69, 9.17) is 0 Å². The summed E-state index contributed by atoms with van der Waals surface area (Å²) in [5.41, 5.74) is 1.35. The molecule has 92 valence electrons. The first-order valence-corrected chi connectivity index (χ1v) is 8.63. The van der Waals surface area contributed by atoms with Gasteiger partial charge in [-0.2, -0.15) is 0 Å². The highest BCUT2D eigenvalue weighted by Crippen LogP contribution is 2.36. The largest absolute Gasteiger partial charge is 0.313 e. The predicted molar refractivity (Wildman–Crippen MR) is 84.2 cm³/mol. The fourth-order valence-electron chi connectivity index (χ4n) is 1.79. The van der Waals surface area contributed by atoms with E-state index in [0.29, 0.717) is 6.04 Å². The van der Waals surface area contributed by atoms with Crippen LogP contribution in [0.3, 0.4) is 0 Å². The van der Waals surface area contributed by atoms with Crippen molar-refractivity contribution in [1.82, 2.24) is 5.32 Å². The molecule has 0 saturated heterocycles. The van der Waals surface area contributed by atoms with Crippen LogP contribution in [0.1, 0.15) is 22.9 Å². The molecule has 1 atom stereocenters. The van der Waals surface area contributed by atoms with Gasteiger partial charge in [-0.3, -0.25) is 0 Å². The smallest absolute Gasteiger partial charge is 0.0758 e. The number of aryl methyl sites for hydroxylation is 1. The minimum atomic E-state index is 0.411. The van der Waals surface area contributed by atoms with Gasteiger partial charge in [0.1, 0.15) is 0 Å². The average molecular weight is 395 g/mol. The Labute approximate surface area is 127 Å². The maximum absolute atomic E-state index is 3.63. The summed E-state index contributed by atoms with van der Waals surface area (Å²) in [7, 11) is 2.02. The van der Waals surface area contributed by atoms with Crippen molar-refractivity contribution in [1.29, 1.82) is 0 Å². The van der Waals surface area contributed by atoms with E-state index < -0.39 is 0 Å². The van der Waals surface area contributed by atoms with Crippen molar-refractivity contribution in [2.45, 2.75) is 18.9 Å². The van der Waals surface area contributed by atoms with Crippen LogP contribution >= 0.6 is 54.5 Å². The molecule has 17 heavy (non-hydrogen) atoms. The Balaban J connectivity index is 2.04. The third-order valence-electron chi connectivity index (χ3n) is 2.67. The van der Waals surface area contributed by atoms with Gasteiger partial charge in [0.15, 0.2) is 0 Å². The Kier molecular flexibility index (Phi) is 5.24. The molecule has 0 aliphatic heterocycles. The van der Waals surface area contributed by atoms with Crippen LogP contribution in [0.25, 0.3) is 0 Å². The van der Waals surface area contributed by atoms with Gasteiger partial charge in [0.05, 0.1) is 7.57 Å². The minimum Gasteiger partial charge on any atom is -0.313 e. The van der Waals surface area contributed by atoms with E-state index in [9.17, 15) is 0 Å². The third-order valence-corrected chi connectivity index (χ3v) is 5.99. The van der Waals surface area contributed by atoms with Crippen molar-refractivity contribution in [2.75, 3.05) is 7.05 Å². The molecular formula is C12H13Br2NS2. The van der Waals surface area contributed by atoms with E-state index >= 15 is 0 Å². The summed E-state index contributed by atoms with van der Waals surface area (Å²) in [6, 6.07) is 6.93. The Morgan fingerprint density at radius 1 is 1.41 bits per heavy atom. The van der Waals surface area contributed by atoms with Gasteiger partial charge in [0.25, 0.3) is 0 Å². The molecule has 0 amide bonds. The Morgan fingerprint density at radius 3 is 2.76 bits per heavy atom. The van der Waals surface area contributed by atoms with Gasteiger partial charge < -0.3 is 5.32 Å². The van der Waals surface area contributed by atoms with Crippen LogP contribution in [0.5, 0.6) is 0 Å². The van der Waals surface area contributed by atoms with E-state index in [0.717, 1.165) is 12.8 Å². The molecule has 1 nitrogen and oxygen atoms in total. The molecule has 2 aromatic rings. The second-order valence-corrected chi connectivity index (χ2v) is 8.52. The molecule has 2 rings (SSSR count). The van der Waals surface area contributed by atoms with Crippen LogP contribution in [-0.4, -0.2) is 7.05 Å².